The second-order valence-electron chi connectivity index (χ2n) is 6.62. The monoisotopic (exact) mass is 340 g/mol. The van der Waals surface area contributed by atoms with E-state index in [1.807, 2.05) is 24.3 Å². The van der Waals surface area contributed by atoms with E-state index in [9.17, 15) is 9.59 Å². The summed E-state index contributed by atoms with van der Waals surface area (Å²) >= 11 is 0. The Balaban J connectivity index is 1.70. The molecule has 2 aromatic rings. The molecule has 3 rings (SSSR count). The third kappa shape index (κ3) is 4.54. The van der Waals surface area contributed by atoms with Crippen molar-refractivity contribution in [2.75, 3.05) is 12.4 Å². The van der Waals surface area contributed by atoms with Crippen LogP contribution in [0.5, 0.6) is 0 Å². The van der Waals surface area contributed by atoms with Crippen LogP contribution in [0.2, 0.25) is 0 Å². The molecule has 1 aromatic heterocycles. The molecule has 0 saturated heterocycles. The van der Waals surface area contributed by atoms with Gasteiger partial charge in [-0.15, -0.1) is 0 Å². The largest absolute Gasteiger partial charge is 0.320 e. The molecule has 0 aliphatic heterocycles. The summed E-state index contributed by atoms with van der Waals surface area (Å²) in [6.45, 7) is 0.792. The van der Waals surface area contributed by atoms with Crippen molar-refractivity contribution in [3.63, 3.8) is 0 Å². The fourth-order valence-corrected chi connectivity index (χ4v) is 3.36. The molecule has 132 valence electrons. The standard InChI is InChI=1S/C19H24N4O2/c1-23(15-8-3-2-4-9-15)13-14-7-5-6-10-16(14)20-19(25)17-11-12-18(24)22-21-17/h5-7,10-12,15H,2-4,8-9,13H2,1H3,(H,20,25)(H,22,24). The number of anilines is 1. The number of aromatic amines is 1. The molecule has 0 unspecified atom stereocenters. The number of amides is 1. The molecule has 1 saturated carbocycles. The fourth-order valence-electron chi connectivity index (χ4n) is 3.36. The van der Waals surface area contributed by atoms with E-state index >= 15 is 0 Å². The molecule has 1 aliphatic carbocycles. The van der Waals surface area contributed by atoms with Gasteiger partial charge in [-0.25, -0.2) is 5.10 Å². The lowest BCUT2D eigenvalue weighted by Gasteiger charge is -2.31. The highest BCUT2D eigenvalue weighted by Crippen LogP contribution is 2.25. The number of carbonyl (C=O) groups excluding carboxylic acids is 1. The van der Waals surface area contributed by atoms with Gasteiger partial charge in [-0.3, -0.25) is 14.5 Å². The third-order valence-corrected chi connectivity index (χ3v) is 4.80. The number of para-hydroxylation sites is 1. The van der Waals surface area contributed by atoms with Crippen LogP contribution < -0.4 is 10.9 Å². The maximum atomic E-state index is 12.4. The molecule has 1 aliphatic rings. The van der Waals surface area contributed by atoms with Crippen LogP contribution in [0.25, 0.3) is 0 Å². The average molecular weight is 340 g/mol. The molecule has 6 heteroatoms. The first-order valence-corrected chi connectivity index (χ1v) is 8.79. The Kier molecular flexibility index (Phi) is 5.60. The SMILES string of the molecule is CN(Cc1ccccc1NC(=O)c1ccc(=O)[nH]n1)C1CCCCC1. The Bertz CT molecular complexity index is 760. The van der Waals surface area contributed by atoms with E-state index in [1.165, 1.54) is 44.2 Å². The van der Waals surface area contributed by atoms with Crippen molar-refractivity contribution in [2.24, 2.45) is 0 Å². The van der Waals surface area contributed by atoms with Gasteiger partial charge in [0.15, 0.2) is 0 Å². The number of rotatable bonds is 5. The fraction of sp³-hybridized carbons (Fsp3) is 0.421. The summed E-state index contributed by atoms with van der Waals surface area (Å²) in [6.07, 6.45) is 6.42. The minimum atomic E-state index is -0.330. The van der Waals surface area contributed by atoms with Crippen molar-refractivity contribution in [1.29, 1.82) is 0 Å². The molecule has 2 N–H and O–H groups in total. The number of H-pyrrole nitrogens is 1. The summed E-state index contributed by atoms with van der Waals surface area (Å²) in [5.74, 6) is -0.330. The molecular formula is C19H24N4O2. The minimum Gasteiger partial charge on any atom is -0.320 e. The van der Waals surface area contributed by atoms with Crippen molar-refractivity contribution in [3.8, 4) is 0 Å². The van der Waals surface area contributed by atoms with Crippen molar-refractivity contribution < 1.29 is 4.79 Å². The van der Waals surface area contributed by atoms with Gasteiger partial charge >= 0.3 is 0 Å². The van der Waals surface area contributed by atoms with Gasteiger partial charge in [0.2, 0.25) is 0 Å². The number of carbonyl (C=O) groups is 1. The molecule has 0 atom stereocenters. The molecule has 1 heterocycles. The average Bonchev–Trinajstić information content (AvgIpc) is 2.64. The van der Waals surface area contributed by atoms with E-state index in [0.717, 1.165) is 17.8 Å². The van der Waals surface area contributed by atoms with Crippen LogP contribution in [0.1, 0.15) is 48.2 Å². The maximum Gasteiger partial charge on any atom is 0.276 e. The molecule has 25 heavy (non-hydrogen) atoms. The minimum absolute atomic E-state index is 0.190. The first-order chi connectivity index (χ1) is 12.1. The topological polar surface area (TPSA) is 78.1 Å². The highest BCUT2D eigenvalue weighted by atomic mass is 16.2. The van der Waals surface area contributed by atoms with Crippen LogP contribution in [-0.4, -0.2) is 34.1 Å². The highest BCUT2D eigenvalue weighted by Gasteiger charge is 2.19. The van der Waals surface area contributed by atoms with Crippen LogP contribution in [0, 0.1) is 0 Å². The van der Waals surface area contributed by atoms with Crippen LogP contribution in [0.3, 0.4) is 0 Å². The number of aromatic nitrogens is 2. The Morgan fingerprint density at radius 1 is 1.20 bits per heavy atom. The summed E-state index contributed by atoms with van der Waals surface area (Å²) in [5.41, 5.74) is 1.72. The Morgan fingerprint density at radius 3 is 2.68 bits per heavy atom. The number of nitrogens with zero attached hydrogens (tertiary/aromatic N) is 2. The summed E-state index contributed by atoms with van der Waals surface area (Å²) in [7, 11) is 2.15. The molecule has 1 amide bonds. The lowest BCUT2D eigenvalue weighted by molar-refractivity contribution is 0.102. The number of hydrogen-bond acceptors (Lipinski definition) is 4. The molecule has 0 radical (unpaired) electrons. The zero-order valence-electron chi connectivity index (χ0n) is 14.5. The molecular weight excluding hydrogens is 316 g/mol. The van der Waals surface area contributed by atoms with Crippen molar-refractivity contribution in [2.45, 2.75) is 44.7 Å². The first kappa shape index (κ1) is 17.4. The van der Waals surface area contributed by atoms with Crippen LogP contribution in [0.4, 0.5) is 5.69 Å². The van der Waals surface area contributed by atoms with Crippen molar-refractivity contribution in [3.05, 3.63) is 58.0 Å². The molecule has 0 spiro atoms. The van der Waals surface area contributed by atoms with Crippen molar-refractivity contribution >= 4 is 11.6 Å². The predicted molar refractivity (Wildman–Crippen MR) is 97.6 cm³/mol. The van der Waals surface area contributed by atoms with Crippen LogP contribution in [0.15, 0.2) is 41.2 Å². The van der Waals surface area contributed by atoms with E-state index in [0.29, 0.717) is 6.04 Å². The molecule has 1 fully saturated rings. The van der Waals surface area contributed by atoms with Crippen LogP contribution in [-0.2, 0) is 6.54 Å². The summed E-state index contributed by atoms with van der Waals surface area (Å²) in [4.78, 5) is 25.8. The summed E-state index contributed by atoms with van der Waals surface area (Å²) in [6, 6.07) is 11.1. The smallest absolute Gasteiger partial charge is 0.276 e. The summed E-state index contributed by atoms with van der Waals surface area (Å²) < 4.78 is 0. The van der Waals surface area contributed by atoms with Gasteiger partial charge in [-0.2, -0.15) is 5.10 Å². The lowest BCUT2D eigenvalue weighted by atomic mass is 9.94. The van der Waals surface area contributed by atoms with E-state index in [2.05, 4.69) is 27.5 Å². The quantitative estimate of drug-likeness (QED) is 0.877. The van der Waals surface area contributed by atoms with Gasteiger partial charge in [-0.05, 0) is 37.6 Å². The third-order valence-electron chi connectivity index (χ3n) is 4.80. The Labute approximate surface area is 147 Å². The first-order valence-electron chi connectivity index (χ1n) is 8.79. The zero-order valence-corrected chi connectivity index (χ0v) is 14.5. The number of nitrogens with one attached hydrogen (secondary N) is 2. The highest BCUT2D eigenvalue weighted by molar-refractivity contribution is 6.03. The number of benzene rings is 1. The van der Waals surface area contributed by atoms with Gasteiger partial charge in [0.05, 0.1) is 0 Å². The second kappa shape index (κ2) is 8.07. The van der Waals surface area contributed by atoms with Gasteiger partial charge < -0.3 is 5.32 Å². The molecule has 1 aromatic carbocycles. The van der Waals surface area contributed by atoms with Gasteiger partial charge in [0.1, 0.15) is 5.69 Å². The van der Waals surface area contributed by atoms with Gasteiger partial charge in [-0.1, -0.05) is 37.5 Å². The Hall–Kier alpha value is -2.47. The zero-order chi connectivity index (χ0) is 17.6. The number of hydrogen-bond donors (Lipinski definition) is 2. The maximum absolute atomic E-state index is 12.4. The predicted octanol–water partition coefficient (Wildman–Crippen LogP) is 2.79. The lowest BCUT2D eigenvalue weighted by Crippen LogP contribution is -2.33. The summed E-state index contributed by atoms with van der Waals surface area (Å²) in [5, 5.41) is 8.96. The van der Waals surface area contributed by atoms with Gasteiger partial charge in [0.25, 0.3) is 11.5 Å². The van der Waals surface area contributed by atoms with E-state index in [1.54, 1.807) is 0 Å². The van der Waals surface area contributed by atoms with E-state index in [-0.39, 0.29) is 17.2 Å². The van der Waals surface area contributed by atoms with Crippen LogP contribution >= 0.6 is 0 Å². The normalized spacial score (nSPS) is 15.3. The second-order valence-corrected chi connectivity index (χ2v) is 6.62. The van der Waals surface area contributed by atoms with Crippen molar-refractivity contribution in [1.82, 2.24) is 15.1 Å². The molecule has 6 nitrogen and oxygen atoms in total. The van der Waals surface area contributed by atoms with Gasteiger partial charge in [0, 0.05) is 24.3 Å². The molecule has 0 bridgehead atoms. The Morgan fingerprint density at radius 2 is 1.96 bits per heavy atom. The van der Waals surface area contributed by atoms with E-state index < -0.39 is 0 Å². The van der Waals surface area contributed by atoms with E-state index in [4.69, 9.17) is 0 Å².